The van der Waals surface area contributed by atoms with E-state index in [1.807, 2.05) is 0 Å². The molecule has 0 unspecified atom stereocenters. The lowest BCUT2D eigenvalue weighted by Gasteiger charge is -2.17. The number of nitrogens with zero attached hydrogens (tertiary/aromatic N) is 3. The van der Waals surface area contributed by atoms with Crippen LogP contribution in [0.4, 0.5) is 13.2 Å². The third-order valence-electron chi connectivity index (χ3n) is 6.46. The first kappa shape index (κ1) is 24.0. The van der Waals surface area contributed by atoms with Crippen molar-refractivity contribution in [1.29, 1.82) is 0 Å². The van der Waals surface area contributed by atoms with Crippen LogP contribution in [0.1, 0.15) is 63.6 Å². The van der Waals surface area contributed by atoms with Crippen LogP contribution in [0.2, 0.25) is 0 Å². The Labute approximate surface area is 191 Å². The summed E-state index contributed by atoms with van der Waals surface area (Å²) in [7, 11) is -3.78. The molecule has 182 valence electrons. The van der Waals surface area contributed by atoms with Crippen molar-refractivity contribution in [2.24, 2.45) is 0 Å². The van der Waals surface area contributed by atoms with E-state index in [2.05, 4.69) is 10.3 Å². The Balaban J connectivity index is 1.56. The normalized spacial score (nSPS) is 19.1. The fourth-order valence-electron chi connectivity index (χ4n) is 4.73. The Morgan fingerprint density at radius 2 is 1.73 bits per heavy atom. The standard InChI is InChI=1S/C22H29F3N4O3S/c23-22(24,25)21-27-18-15-17(33(31,32)28-12-5-6-13-28)9-10-19(18)29(21)14-11-20(30)26-16-7-3-1-2-4-8-16/h9-10,15-16H,1-8,11-14H2,(H,26,30). The van der Waals surface area contributed by atoms with Gasteiger partial charge in [0.1, 0.15) is 0 Å². The zero-order valence-electron chi connectivity index (χ0n) is 18.4. The van der Waals surface area contributed by atoms with Gasteiger partial charge in [0.05, 0.1) is 15.9 Å². The monoisotopic (exact) mass is 486 g/mol. The molecule has 1 amide bonds. The molecule has 2 aliphatic rings. The van der Waals surface area contributed by atoms with Gasteiger partial charge < -0.3 is 9.88 Å². The van der Waals surface area contributed by atoms with Crippen LogP contribution in [0.15, 0.2) is 23.1 Å². The predicted octanol–water partition coefficient (Wildman–Crippen LogP) is 4.07. The number of amides is 1. The Bertz CT molecular complexity index is 1100. The maximum absolute atomic E-state index is 13.7. The number of aryl methyl sites for hydroxylation is 1. The number of hydrogen-bond donors (Lipinski definition) is 1. The molecular weight excluding hydrogens is 457 g/mol. The molecule has 2 heterocycles. The van der Waals surface area contributed by atoms with Crippen LogP contribution in [0, 0.1) is 0 Å². The number of carbonyl (C=O) groups is 1. The van der Waals surface area contributed by atoms with Gasteiger partial charge in [-0.2, -0.15) is 17.5 Å². The summed E-state index contributed by atoms with van der Waals surface area (Å²) in [5.41, 5.74) is 0.108. The summed E-state index contributed by atoms with van der Waals surface area (Å²) >= 11 is 0. The lowest BCUT2D eigenvalue weighted by Crippen LogP contribution is -2.35. The Hall–Kier alpha value is -2.14. The van der Waals surface area contributed by atoms with Gasteiger partial charge in [-0.3, -0.25) is 4.79 Å². The molecule has 7 nitrogen and oxygen atoms in total. The minimum atomic E-state index is -4.73. The van der Waals surface area contributed by atoms with Crippen LogP contribution in [0.5, 0.6) is 0 Å². The highest BCUT2D eigenvalue weighted by atomic mass is 32.2. The van der Waals surface area contributed by atoms with Crippen LogP contribution in [0.25, 0.3) is 11.0 Å². The topological polar surface area (TPSA) is 84.3 Å². The first-order chi connectivity index (χ1) is 15.7. The number of alkyl halides is 3. The van der Waals surface area contributed by atoms with Crippen molar-refractivity contribution in [1.82, 2.24) is 19.2 Å². The molecule has 33 heavy (non-hydrogen) atoms. The van der Waals surface area contributed by atoms with Crippen LogP contribution < -0.4 is 5.32 Å². The Kier molecular flexibility index (Phi) is 6.99. The number of nitrogens with one attached hydrogen (secondary N) is 1. The molecule has 2 aromatic rings. The number of rotatable bonds is 6. The molecular formula is C22H29F3N4O3S. The van der Waals surface area contributed by atoms with E-state index >= 15 is 0 Å². The molecule has 1 N–H and O–H groups in total. The average Bonchev–Trinajstić information content (AvgIpc) is 3.36. The number of halogens is 3. The molecule has 0 spiro atoms. The molecule has 4 rings (SSSR count). The smallest absolute Gasteiger partial charge is 0.353 e. The first-order valence-corrected chi connectivity index (χ1v) is 13.0. The van der Waals surface area contributed by atoms with E-state index < -0.39 is 22.0 Å². The molecule has 1 saturated carbocycles. The number of aromatic nitrogens is 2. The molecule has 0 atom stereocenters. The maximum atomic E-state index is 13.7. The van der Waals surface area contributed by atoms with Gasteiger partial charge in [-0.1, -0.05) is 25.7 Å². The average molecular weight is 487 g/mol. The van der Waals surface area contributed by atoms with Crippen molar-refractivity contribution in [2.75, 3.05) is 13.1 Å². The van der Waals surface area contributed by atoms with Crippen LogP contribution in [-0.4, -0.2) is 47.3 Å². The van der Waals surface area contributed by atoms with Crippen LogP contribution in [-0.2, 0) is 27.5 Å². The molecule has 1 aromatic carbocycles. The van der Waals surface area contributed by atoms with Crippen molar-refractivity contribution in [3.05, 3.63) is 24.0 Å². The summed E-state index contributed by atoms with van der Waals surface area (Å²) in [6, 6.07) is 3.93. The van der Waals surface area contributed by atoms with E-state index in [0.717, 1.165) is 55.9 Å². The second-order valence-corrected chi connectivity index (χ2v) is 10.8. The molecule has 0 radical (unpaired) electrons. The molecule has 1 aromatic heterocycles. The highest BCUT2D eigenvalue weighted by Crippen LogP contribution is 2.33. The fourth-order valence-corrected chi connectivity index (χ4v) is 6.26. The molecule has 1 aliphatic carbocycles. The van der Waals surface area contributed by atoms with Gasteiger partial charge in [0.2, 0.25) is 21.8 Å². The van der Waals surface area contributed by atoms with Gasteiger partial charge in [0.25, 0.3) is 0 Å². The van der Waals surface area contributed by atoms with Gasteiger partial charge in [-0.25, -0.2) is 13.4 Å². The van der Waals surface area contributed by atoms with E-state index in [1.54, 1.807) is 0 Å². The summed E-state index contributed by atoms with van der Waals surface area (Å²) < 4.78 is 69.0. The zero-order chi connectivity index (χ0) is 23.6. The minimum Gasteiger partial charge on any atom is -0.353 e. The Morgan fingerprint density at radius 3 is 2.36 bits per heavy atom. The number of imidazole rings is 1. The quantitative estimate of drug-likeness (QED) is 0.624. The van der Waals surface area contributed by atoms with E-state index in [1.165, 1.54) is 22.5 Å². The van der Waals surface area contributed by atoms with Crippen LogP contribution >= 0.6 is 0 Å². The third-order valence-corrected chi connectivity index (χ3v) is 8.35. The largest absolute Gasteiger partial charge is 0.449 e. The lowest BCUT2D eigenvalue weighted by molar-refractivity contribution is -0.147. The van der Waals surface area contributed by atoms with Crippen LogP contribution in [0.3, 0.4) is 0 Å². The fraction of sp³-hybridized carbons (Fsp3) is 0.636. The number of hydrogen-bond acceptors (Lipinski definition) is 4. The highest BCUT2D eigenvalue weighted by molar-refractivity contribution is 7.89. The molecule has 1 saturated heterocycles. The second-order valence-electron chi connectivity index (χ2n) is 8.85. The first-order valence-electron chi connectivity index (χ1n) is 11.5. The SMILES string of the molecule is O=C(CCn1c(C(F)(F)F)nc2cc(S(=O)(=O)N3CCCC3)ccc21)NC1CCCCCC1. The summed E-state index contributed by atoms with van der Waals surface area (Å²) in [5, 5.41) is 2.95. The third kappa shape index (κ3) is 5.34. The van der Waals surface area contributed by atoms with Gasteiger partial charge in [-0.05, 0) is 43.9 Å². The van der Waals surface area contributed by atoms with E-state index in [4.69, 9.17) is 0 Å². The molecule has 1 aliphatic heterocycles. The maximum Gasteiger partial charge on any atom is 0.449 e. The number of fused-ring (bicyclic) bond motifs is 1. The minimum absolute atomic E-state index is 0.0493. The second kappa shape index (κ2) is 9.61. The van der Waals surface area contributed by atoms with E-state index in [9.17, 15) is 26.4 Å². The Morgan fingerprint density at radius 1 is 1.06 bits per heavy atom. The van der Waals surface area contributed by atoms with Crippen molar-refractivity contribution >= 4 is 27.0 Å². The van der Waals surface area contributed by atoms with Gasteiger partial charge in [0, 0.05) is 32.1 Å². The van der Waals surface area contributed by atoms with E-state index in [-0.39, 0.29) is 40.8 Å². The van der Waals surface area contributed by atoms with Gasteiger partial charge in [0.15, 0.2) is 0 Å². The number of sulfonamides is 1. The predicted molar refractivity (Wildman–Crippen MR) is 117 cm³/mol. The highest BCUT2D eigenvalue weighted by Gasteiger charge is 2.38. The van der Waals surface area contributed by atoms with Crippen molar-refractivity contribution in [3.63, 3.8) is 0 Å². The molecule has 2 fully saturated rings. The summed E-state index contributed by atoms with van der Waals surface area (Å²) in [4.78, 5) is 16.1. The summed E-state index contributed by atoms with van der Waals surface area (Å²) in [5.74, 6) is -1.42. The van der Waals surface area contributed by atoms with Crippen molar-refractivity contribution < 1.29 is 26.4 Å². The number of benzene rings is 1. The van der Waals surface area contributed by atoms with E-state index in [0.29, 0.717) is 13.1 Å². The summed E-state index contributed by atoms with van der Waals surface area (Å²) in [6.07, 6.45) is 2.81. The zero-order valence-corrected chi connectivity index (χ0v) is 19.2. The van der Waals surface area contributed by atoms with Crippen molar-refractivity contribution in [3.8, 4) is 0 Å². The van der Waals surface area contributed by atoms with Gasteiger partial charge in [-0.15, -0.1) is 0 Å². The molecule has 11 heteroatoms. The van der Waals surface area contributed by atoms with Gasteiger partial charge >= 0.3 is 6.18 Å². The lowest BCUT2D eigenvalue weighted by atomic mass is 10.1. The number of carbonyl (C=O) groups excluding carboxylic acids is 1. The van der Waals surface area contributed by atoms with Crippen molar-refractivity contribution in [2.45, 2.75) is 81.4 Å². The molecule has 0 bridgehead atoms. The summed E-state index contributed by atoms with van der Waals surface area (Å²) in [6.45, 7) is 0.611.